The lowest BCUT2D eigenvalue weighted by molar-refractivity contribution is 0.141. The highest BCUT2D eigenvalue weighted by atomic mass is 16.5. The van der Waals surface area contributed by atoms with E-state index in [1.807, 2.05) is 6.92 Å². The molecular formula is C16H30N2O2. The molecule has 1 amide bonds. The molecule has 0 unspecified atom stereocenters. The third-order valence-corrected chi connectivity index (χ3v) is 5.00. The van der Waals surface area contributed by atoms with Crippen LogP contribution in [0.4, 0.5) is 4.79 Å². The molecule has 116 valence electrons. The van der Waals surface area contributed by atoms with Crippen LogP contribution < -0.4 is 11.1 Å². The first-order valence-electron chi connectivity index (χ1n) is 8.36. The van der Waals surface area contributed by atoms with Crippen molar-refractivity contribution in [2.24, 2.45) is 17.6 Å². The summed E-state index contributed by atoms with van der Waals surface area (Å²) in [4.78, 5) is 11.4. The van der Waals surface area contributed by atoms with Gasteiger partial charge in [-0.05, 0) is 76.5 Å². The van der Waals surface area contributed by atoms with Crippen molar-refractivity contribution in [2.45, 2.75) is 76.8 Å². The van der Waals surface area contributed by atoms with Crippen molar-refractivity contribution in [3.05, 3.63) is 0 Å². The first-order valence-corrected chi connectivity index (χ1v) is 8.36. The molecule has 4 heteroatoms. The molecule has 3 N–H and O–H groups in total. The molecule has 2 aliphatic rings. The smallest absolute Gasteiger partial charge is 0.407 e. The van der Waals surface area contributed by atoms with Gasteiger partial charge in [0, 0.05) is 12.1 Å². The van der Waals surface area contributed by atoms with E-state index in [4.69, 9.17) is 10.5 Å². The number of ether oxygens (including phenoxy) is 1. The van der Waals surface area contributed by atoms with Crippen LogP contribution in [0.15, 0.2) is 0 Å². The molecule has 2 aliphatic carbocycles. The molecule has 0 atom stereocenters. The fourth-order valence-electron chi connectivity index (χ4n) is 3.78. The maximum atomic E-state index is 11.4. The zero-order chi connectivity index (χ0) is 14.4. The monoisotopic (exact) mass is 282 g/mol. The highest BCUT2D eigenvalue weighted by Gasteiger charge is 2.26. The summed E-state index contributed by atoms with van der Waals surface area (Å²) in [6, 6.07) is 0.779. The second-order valence-electron chi connectivity index (χ2n) is 6.60. The molecule has 0 aliphatic heterocycles. The summed E-state index contributed by atoms with van der Waals surface area (Å²) in [6.07, 6.45) is 10.9. The molecule has 0 saturated heterocycles. The zero-order valence-corrected chi connectivity index (χ0v) is 12.8. The molecule has 0 aromatic heterocycles. The average molecular weight is 282 g/mol. The Hall–Kier alpha value is -0.770. The average Bonchev–Trinajstić information content (AvgIpc) is 2.44. The maximum absolute atomic E-state index is 11.4. The third-order valence-electron chi connectivity index (χ3n) is 5.00. The number of alkyl carbamates (subject to hydrolysis) is 1. The molecule has 2 saturated carbocycles. The van der Waals surface area contributed by atoms with Crippen LogP contribution in [0.2, 0.25) is 0 Å². The highest BCUT2D eigenvalue weighted by molar-refractivity contribution is 5.67. The minimum absolute atomic E-state index is 0.253. The quantitative estimate of drug-likeness (QED) is 0.832. The van der Waals surface area contributed by atoms with E-state index in [9.17, 15) is 4.79 Å². The normalized spacial score (nSPS) is 34.5. The van der Waals surface area contributed by atoms with Gasteiger partial charge in [0.25, 0.3) is 0 Å². The van der Waals surface area contributed by atoms with E-state index in [0.29, 0.717) is 18.7 Å². The lowest BCUT2D eigenvalue weighted by Gasteiger charge is -2.33. The fraction of sp³-hybridized carbons (Fsp3) is 0.938. The van der Waals surface area contributed by atoms with Gasteiger partial charge in [0.15, 0.2) is 0 Å². The first-order chi connectivity index (χ1) is 9.67. The lowest BCUT2D eigenvalue weighted by Crippen LogP contribution is -2.38. The molecular weight excluding hydrogens is 252 g/mol. The van der Waals surface area contributed by atoms with Crippen molar-refractivity contribution < 1.29 is 9.53 Å². The van der Waals surface area contributed by atoms with Gasteiger partial charge < -0.3 is 15.8 Å². The summed E-state index contributed by atoms with van der Waals surface area (Å²) >= 11 is 0. The van der Waals surface area contributed by atoms with Gasteiger partial charge in [-0.2, -0.15) is 0 Å². The molecule has 0 radical (unpaired) electrons. The minimum atomic E-state index is -0.253. The van der Waals surface area contributed by atoms with Crippen LogP contribution in [0.3, 0.4) is 0 Å². The van der Waals surface area contributed by atoms with Gasteiger partial charge >= 0.3 is 6.09 Å². The number of hydrogen-bond acceptors (Lipinski definition) is 3. The predicted octanol–water partition coefficient (Wildman–Crippen LogP) is 3.20. The van der Waals surface area contributed by atoms with Crippen LogP contribution in [-0.2, 0) is 4.74 Å². The Kier molecular flexibility index (Phi) is 6.14. The van der Waals surface area contributed by atoms with E-state index in [2.05, 4.69) is 5.32 Å². The Morgan fingerprint density at radius 1 is 1.05 bits per heavy atom. The summed E-state index contributed by atoms with van der Waals surface area (Å²) in [5.74, 6) is 1.75. The van der Waals surface area contributed by atoms with Crippen LogP contribution in [0.1, 0.15) is 64.7 Å². The topological polar surface area (TPSA) is 64.3 Å². The van der Waals surface area contributed by atoms with E-state index >= 15 is 0 Å². The SMILES string of the molecule is CCOC(=O)NC1CCC(CC2CCC(N)CC2)CC1. The Morgan fingerprint density at radius 3 is 2.15 bits per heavy atom. The van der Waals surface area contributed by atoms with Crippen molar-refractivity contribution in [3.63, 3.8) is 0 Å². The van der Waals surface area contributed by atoms with Crippen LogP contribution in [0, 0.1) is 11.8 Å². The number of carbonyl (C=O) groups is 1. The van der Waals surface area contributed by atoms with Crippen molar-refractivity contribution in [2.75, 3.05) is 6.61 Å². The predicted molar refractivity (Wildman–Crippen MR) is 80.5 cm³/mol. The molecule has 0 bridgehead atoms. The molecule has 2 fully saturated rings. The molecule has 2 rings (SSSR count). The number of amides is 1. The van der Waals surface area contributed by atoms with Crippen LogP contribution in [-0.4, -0.2) is 24.8 Å². The highest BCUT2D eigenvalue weighted by Crippen LogP contribution is 2.35. The summed E-state index contributed by atoms with van der Waals surface area (Å²) in [7, 11) is 0. The first kappa shape index (κ1) is 15.6. The van der Waals surface area contributed by atoms with Gasteiger partial charge in [-0.25, -0.2) is 4.79 Å². The van der Waals surface area contributed by atoms with Crippen molar-refractivity contribution in [3.8, 4) is 0 Å². The molecule has 20 heavy (non-hydrogen) atoms. The van der Waals surface area contributed by atoms with Gasteiger partial charge in [0.1, 0.15) is 0 Å². The Bertz CT molecular complexity index is 293. The van der Waals surface area contributed by atoms with Crippen LogP contribution in [0.5, 0.6) is 0 Å². The lowest BCUT2D eigenvalue weighted by atomic mass is 9.76. The van der Waals surface area contributed by atoms with Crippen LogP contribution >= 0.6 is 0 Å². The Morgan fingerprint density at radius 2 is 1.60 bits per heavy atom. The molecule has 0 aromatic rings. The third kappa shape index (κ3) is 4.97. The summed E-state index contributed by atoms with van der Waals surface area (Å²) < 4.78 is 4.94. The molecule has 0 heterocycles. The van der Waals surface area contributed by atoms with Gasteiger partial charge in [0.05, 0.1) is 6.61 Å². The number of nitrogens with one attached hydrogen (secondary N) is 1. The van der Waals surface area contributed by atoms with Crippen molar-refractivity contribution >= 4 is 6.09 Å². The minimum Gasteiger partial charge on any atom is -0.450 e. The molecule has 0 aromatic carbocycles. The van der Waals surface area contributed by atoms with E-state index in [0.717, 1.165) is 24.7 Å². The van der Waals surface area contributed by atoms with E-state index < -0.39 is 0 Å². The number of hydrogen-bond donors (Lipinski definition) is 2. The standard InChI is InChI=1S/C16H30N2O2/c1-2-20-16(19)18-15-9-5-13(6-10-15)11-12-3-7-14(17)8-4-12/h12-15H,2-11,17H2,1H3,(H,18,19). The van der Waals surface area contributed by atoms with Gasteiger partial charge in [0.2, 0.25) is 0 Å². The second kappa shape index (κ2) is 7.87. The maximum Gasteiger partial charge on any atom is 0.407 e. The zero-order valence-electron chi connectivity index (χ0n) is 12.8. The van der Waals surface area contributed by atoms with Gasteiger partial charge in [-0.3, -0.25) is 0 Å². The Balaban J connectivity index is 1.63. The second-order valence-corrected chi connectivity index (χ2v) is 6.60. The van der Waals surface area contributed by atoms with E-state index in [1.54, 1.807) is 0 Å². The summed E-state index contributed by atoms with van der Waals surface area (Å²) in [5, 5.41) is 2.97. The molecule has 0 spiro atoms. The van der Waals surface area contributed by atoms with Crippen molar-refractivity contribution in [1.29, 1.82) is 0 Å². The summed E-state index contributed by atoms with van der Waals surface area (Å²) in [5.41, 5.74) is 5.97. The van der Waals surface area contributed by atoms with Gasteiger partial charge in [-0.1, -0.05) is 0 Å². The number of rotatable bonds is 4. The van der Waals surface area contributed by atoms with Crippen molar-refractivity contribution in [1.82, 2.24) is 5.32 Å². The number of nitrogens with two attached hydrogens (primary N) is 1. The Labute approximate surface area is 122 Å². The largest absolute Gasteiger partial charge is 0.450 e. The van der Waals surface area contributed by atoms with E-state index in [-0.39, 0.29) is 6.09 Å². The fourth-order valence-corrected chi connectivity index (χ4v) is 3.78. The van der Waals surface area contributed by atoms with Gasteiger partial charge in [-0.15, -0.1) is 0 Å². The van der Waals surface area contributed by atoms with Crippen LogP contribution in [0.25, 0.3) is 0 Å². The molecule has 4 nitrogen and oxygen atoms in total. The summed E-state index contributed by atoms with van der Waals surface area (Å²) in [6.45, 7) is 2.29. The van der Waals surface area contributed by atoms with E-state index in [1.165, 1.54) is 44.9 Å². The number of carbonyl (C=O) groups excluding carboxylic acids is 1.